The molecule has 0 fully saturated rings. The van der Waals surface area contributed by atoms with Gasteiger partial charge < -0.3 is 8.98 Å². The van der Waals surface area contributed by atoms with E-state index in [-0.39, 0.29) is 0 Å². The Morgan fingerprint density at radius 3 is 1.75 bits per heavy atom. The van der Waals surface area contributed by atoms with Crippen molar-refractivity contribution < 1.29 is 4.42 Å². The molecule has 3 aromatic heterocycles. The first kappa shape index (κ1) is 24.5. The van der Waals surface area contributed by atoms with Gasteiger partial charge in [0.15, 0.2) is 17.5 Å². The van der Waals surface area contributed by atoms with Gasteiger partial charge in [-0.1, -0.05) is 109 Å². The summed E-state index contributed by atoms with van der Waals surface area (Å²) in [6.07, 6.45) is 0. The van der Waals surface area contributed by atoms with Crippen LogP contribution in [0.4, 0.5) is 0 Å². The Balaban J connectivity index is 1.35. The molecule has 5 nitrogen and oxygen atoms in total. The van der Waals surface area contributed by atoms with Crippen LogP contribution in [0.15, 0.2) is 150 Å². The molecule has 0 spiro atoms. The Bertz CT molecular complexity index is 2440. The van der Waals surface area contributed by atoms with E-state index in [1.165, 1.54) is 10.8 Å². The van der Waals surface area contributed by atoms with E-state index in [1.807, 2.05) is 78.9 Å². The average molecular weight is 565 g/mol. The summed E-state index contributed by atoms with van der Waals surface area (Å²) in [5, 5.41) is 4.58. The number of hydrogen-bond donors (Lipinski definition) is 0. The molecular formula is C39H24N4O. The van der Waals surface area contributed by atoms with Gasteiger partial charge in [-0.05, 0) is 36.4 Å². The topological polar surface area (TPSA) is 56.7 Å². The van der Waals surface area contributed by atoms with Crippen LogP contribution in [0.1, 0.15) is 0 Å². The molecule has 0 aliphatic heterocycles. The minimum absolute atomic E-state index is 0.620. The summed E-state index contributed by atoms with van der Waals surface area (Å²) in [7, 11) is 0. The fourth-order valence-corrected chi connectivity index (χ4v) is 6.32. The summed E-state index contributed by atoms with van der Waals surface area (Å²) in [5.41, 5.74) is 7.77. The molecule has 0 atom stereocenters. The quantitative estimate of drug-likeness (QED) is 0.213. The fourth-order valence-electron chi connectivity index (χ4n) is 6.32. The van der Waals surface area contributed by atoms with Crippen LogP contribution in [0.3, 0.4) is 0 Å². The maximum Gasteiger partial charge on any atom is 0.166 e. The zero-order valence-corrected chi connectivity index (χ0v) is 23.6. The fraction of sp³-hybridized carbons (Fsp3) is 0. The normalized spacial score (nSPS) is 11.6. The van der Waals surface area contributed by atoms with Crippen LogP contribution in [-0.4, -0.2) is 19.5 Å². The number of benzene rings is 6. The molecule has 0 saturated heterocycles. The van der Waals surface area contributed by atoms with E-state index in [2.05, 4.69) is 71.3 Å². The average Bonchev–Trinajstić information content (AvgIpc) is 3.64. The van der Waals surface area contributed by atoms with E-state index in [0.29, 0.717) is 17.5 Å². The van der Waals surface area contributed by atoms with E-state index in [4.69, 9.17) is 19.4 Å². The standard InChI is InChI=1S/C39H24N4O/c1-3-13-25(14-4-1)37-40-38(26-15-5-2-6-16-26)42-39(41-37)28-18-8-11-21-31(28)43-30-20-10-7-17-27(30)35-32(43)23-24-34-36(35)29-19-9-12-22-33(29)44-34/h1-24H. The summed E-state index contributed by atoms with van der Waals surface area (Å²) in [4.78, 5) is 15.0. The molecule has 0 saturated carbocycles. The lowest BCUT2D eigenvalue weighted by Crippen LogP contribution is -2.03. The van der Waals surface area contributed by atoms with Gasteiger partial charge in [-0.25, -0.2) is 15.0 Å². The molecule has 3 heterocycles. The molecular weight excluding hydrogens is 540 g/mol. The molecule has 9 rings (SSSR count). The van der Waals surface area contributed by atoms with Gasteiger partial charge in [0.2, 0.25) is 0 Å². The lowest BCUT2D eigenvalue weighted by molar-refractivity contribution is 0.669. The third-order valence-corrected chi connectivity index (χ3v) is 8.26. The molecule has 0 aliphatic carbocycles. The van der Waals surface area contributed by atoms with Crippen molar-refractivity contribution in [3.8, 4) is 39.9 Å². The van der Waals surface area contributed by atoms with Crippen LogP contribution in [0.25, 0.3) is 83.6 Å². The van der Waals surface area contributed by atoms with E-state index in [1.54, 1.807) is 0 Å². The van der Waals surface area contributed by atoms with Crippen LogP contribution < -0.4 is 0 Å². The predicted octanol–water partition coefficient (Wildman–Crippen LogP) is 9.87. The van der Waals surface area contributed by atoms with Crippen molar-refractivity contribution in [2.75, 3.05) is 0 Å². The highest BCUT2D eigenvalue weighted by Gasteiger charge is 2.21. The highest BCUT2D eigenvalue weighted by atomic mass is 16.3. The van der Waals surface area contributed by atoms with Gasteiger partial charge in [0, 0.05) is 38.2 Å². The van der Waals surface area contributed by atoms with Crippen LogP contribution in [0.5, 0.6) is 0 Å². The molecule has 0 amide bonds. The first-order valence-corrected chi connectivity index (χ1v) is 14.6. The van der Waals surface area contributed by atoms with Crippen LogP contribution in [0.2, 0.25) is 0 Å². The SMILES string of the molecule is c1ccc(-c2nc(-c3ccccc3)nc(-c3ccccc3-n3c4ccccc4c4c5c(ccc43)oc3ccccc35)n2)cc1. The lowest BCUT2D eigenvalue weighted by atomic mass is 10.1. The molecule has 5 heteroatoms. The highest BCUT2D eigenvalue weighted by molar-refractivity contribution is 6.27. The van der Waals surface area contributed by atoms with E-state index < -0.39 is 0 Å². The number of hydrogen-bond acceptors (Lipinski definition) is 4. The number of rotatable bonds is 4. The largest absolute Gasteiger partial charge is 0.456 e. The number of para-hydroxylation sites is 3. The highest BCUT2D eigenvalue weighted by Crippen LogP contribution is 2.42. The van der Waals surface area contributed by atoms with Gasteiger partial charge in [-0.3, -0.25) is 0 Å². The maximum atomic E-state index is 6.29. The Morgan fingerprint density at radius 2 is 1.00 bits per heavy atom. The van der Waals surface area contributed by atoms with Gasteiger partial charge in [0.1, 0.15) is 11.2 Å². The number of furan rings is 1. The Kier molecular flexibility index (Phi) is 5.43. The zero-order chi connectivity index (χ0) is 29.0. The van der Waals surface area contributed by atoms with Crippen LogP contribution in [-0.2, 0) is 0 Å². The Morgan fingerprint density at radius 1 is 0.409 bits per heavy atom. The van der Waals surface area contributed by atoms with Crippen molar-refractivity contribution in [1.29, 1.82) is 0 Å². The second-order valence-electron chi connectivity index (χ2n) is 10.8. The Labute approximate surface area is 252 Å². The second-order valence-corrected chi connectivity index (χ2v) is 10.8. The lowest BCUT2D eigenvalue weighted by Gasteiger charge is -2.14. The zero-order valence-electron chi connectivity index (χ0n) is 23.6. The Hall–Kier alpha value is -6.07. The second kappa shape index (κ2) is 9.75. The van der Waals surface area contributed by atoms with Crippen molar-refractivity contribution in [1.82, 2.24) is 19.5 Å². The number of fused-ring (bicyclic) bond motifs is 7. The summed E-state index contributed by atoms with van der Waals surface area (Å²) < 4.78 is 8.62. The summed E-state index contributed by atoms with van der Waals surface area (Å²) in [6, 6.07) is 49.6. The van der Waals surface area contributed by atoms with Gasteiger partial charge >= 0.3 is 0 Å². The van der Waals surface area contributed by atoms with Gasteiger partial charge in [-0.15, -0.1) is 0 Å². The monoisotopic (exact) mass is 564 g/mol. The molecule has 206 valence electrons. The smallest absolute Gasteiger partial charge is 0.166 e. The molecule has 9 aromatic rings. The third kappa shape index (κ3) is 3.76. The van der Waals surface area contributed by atoms with Crippen molar-refractivity contribution in [3.05, 3.63) is 146 Å². The molecule has 0 bridgehead atoms. The van der Waals surface area contributed by atoms with Gasteiger partial charge in [-0.2, -0.15) is 0 Å². The van der Waals surface area contributed by atoms with Crippen molar-refractivity contribution in [3.63, 3.8) is 0 Å². The minimum Gasteiger partial charge on any atom is -0.456 e. The van der Waals surface area contributed by atoms with Gasteiger partial charge in [0.25, 0.3) is 0 Å². The van der Waals surface area contributed by atoms with Crippen molar-refractivity contribution >= 4 is 43.7 Å². The van der Waals surface area contributed by atoms with E-state index >= 15 is 0 Å². The number of aromatic nitrogens is 4. The van der Waals surface area contributed by atoms with E-state index in [9.17, 15) is 0 Å². The van der Waals surface area contributed by atoms with Crippen LogP contribution in [0, 0.1) is 0 Å². The first-order valence-electron chi connectivity index (χ1n) is 14.6. The summed E-state index contributed by atoms with van der Waals surface area (Å²) in [6.45, 7) is 0. The van der Waals surface area contributed by atoms with Crippen molar-refractivity contribution in [2.45, 2.75) is 0 Å². The van der Waals surface area contributed by atoms with Crippen molar-refractivity contribution in [2.24, 2.45) is 0 Å². The molecule has 44 heavy (non-hydrogen) atoms. The summed E-state index contributed by atoms with van der Waals surface area (Å²) in [5.74, 6) is 1.89. The van der Waals surface area contributed by atoms with Gasteiger partial charge in [0.05, 0.1) is 16.7 Å². The molecule has 0 N–H and O–H groups in total. The maximum absolute atomic E-state index is 6.29. The molecule has 6 aromatic carbocycles. The molecule has 0 aliphatic rings. The molecule has 0 unspecified atom stereocenters. The summed E-state index contributed by atoms with van der Waals surface area (Å²) >= 11 is 0. The predicted molar refractivity (Wildman–Crippen MR) is 178 cm³/mol. The van der Waals surface area contributed by atoms with E-state index in [0.717, 1.165) is 55.3 Å². The number of nitrogens with zero attached hydrogens (tertiary/aromatic N) is 4. The van der Waals surface area contributed by atoms with Crippen LogP contribution >= 0.6 is 0 Å². The third-order valence-electron chi connectivity index (χ3n) is 8.26. The minimum atomic E-state index is 0.620. The first-order chi connectivity index (χ1) is 21.8. The molecule has 0 radical (unpaired) electrons.